The van der Waals surface area contributed by atoms with Gasteiger partial charge in [-0.3, -0.25) is 10.1 Å². The Kier molecular flexibility index (Phi) is 6.90. The van der Waals surface area contributed by atoms with Gasteiger partial charge in [-0.2, -0.15) is 0 Å². The minimum absolute atomic E-state index is 0.0137. The maximum Gasteiger partial charge on any atom is 0.419 e. The summed E-state index contributed by atoms with van der Waals surface area (Å²) in [6.45, 7) is 12.5. The van der Waals surface area contributed by atoms with E-state index in [0.717, 1.165) is 4.57 Å². The van der Waals surface area contributed by atoms with Crippen molar-refractivity contribution in [2.24, 2.45) is 10.8 Å². The number of nitrogens with zero attached hydrogens (tertiary/aromatic N) is 2. The van der Waals surface area contributed by atoms with Crippen LogP contribution >= 0.6 is 0 Å². The van der Waals surface area contributed by atoms with Crippen molar-refractivity contribution in [1.29, 1.82) is 0 Å². The first-order valence-corrected chi connectivity index (χ1v) is 9.93. The molecule has 0 atom stereocenters. The maximum atomic E-state index is 12.8. The summed E-state index contributed by atoms with van der Waals surface area (Å²) in [7, 11) is 0. The lowest BCUT2D eigenvalue weighted by atomic mass is 9.93. The van der Waals surface area contributed by atoms with Gasteiger partial charge in [-0.25, -0.2) is 14.2 Å². The molecule has 0 unspecified atom stereocenters. The molecule has 0 bridgehead atoms. The summed E-state index contributed by atoms with van der Waals surface area (Å²) in [5, 5.41) is 11.7. The highest BCUT2D eigenvalue weighted by atomic mass is 16.6. The SMILES string of the molecule is CC(C)(C)CCOC(=O)c1cc2ccc([N+](=O)[O-])cc2n1C(=O)OCCC(C)(C)C. The van der Waals surface area contributed by atoms with E-state index in [2.05, 4.69) is 0 Å². The van der Waals surface area contributed by atoms with Crippen molar-refractivity contribution in [2.45, 2.75) is 54.4 Å². The van der Waals surface area contributed by atoms with E-state index < -0.39 is 17.0 Å². The summed E-state index contributed by atoms with van der Waals surface area (Å²) in [5.41, 5.74) is -0.0173. The fourth-order valence-electron chi connectivity index (χ4n) is 2.68. The third-order valence-electron chi connectivity index (χ3n) is 4.55. The van der Waals surface area contributed by atoms with Gasteiger partial charge in [0.1, 0.15) is 5.69 Å². The number of rotatable bonds is 6. The van der Waals surface area contributed by atoms with Crippen LogP contribution in [0.15, 0.2) is 24.3 Å². The Labute approximate surface area is 176 Å². The van der Waals surface area contributed by atoms with Gasteiger partial charge in [-0.15, -0.1) is 0 Å². The molecule has 8 heteroatoms. The molecule has 0 aliphatic rings. The molecular formula is C22H30N2O6. The molecule has 2 aromatic rings. The molecule has 0 aliphatic carbocycles. The summed E-state index contributed by atoms with van der Waals surface area (Å²) >= 11 is 0. The Morgan fingerprint density at radius 2 is 1.53 bits per heavy atom. The molecule has 0 saturated heterocycles. The number of nitro groups is 1. The van der Waals surface area contributed by atoms with Gasteiger partial charge in [0.15, 0.2) is 0 Å². The molecule has 0 saturated carbocycles. The van der Waals surface area contributed by atoms with Crippen LogP contribution in [0.2, 0.25) is 0 Å². The largest absolute Gasteiger partial charge is 0.461 e. The molecule has 0 amide bonds. The molecule has 1 aromatic heterocycles. The fraction of sp³-hybridized carbons (Fsp3) is 0.545. The van der Waals surface area contributed by atoms with Crippen LogP contribution in [0.4, 0.5) is 10.5 Å². The van der Waals surface area contributed by atoms with E-state index in [9.17, 15) is 19.7 Å². The number of non-ortho nitro benzene ring substituents is 1. The van der Waals surface area contributed by atoms with Crippen molar-refractivity contribution in [3.8, 4) is 0 Å². The van der Waals surface area contributed by atoms with Gasteiger partial charge in [-0.05, 0) is 35.8 Å². The Bertz CT molecular complexity index is 947. The minimum Gasteiger partial charge on any atom is -0.461 e. The molecule has 2 rings (SSSR count). The van der Waals surface area contributed by atoms with Crippen LogP contribution < -0.4 is 0 Å². The Hall–Kier alpha value is -2.90. The summed E-state index contributed by atoms with van der Waals surface area (Å²) in [4.78, 5) is 36.1. The van der Waals surface area contributed by atoms with Gasteiger partial charge in [-0.1, -0.05) is 41.5 Å². The fourth-order valence-corrected chi connectivity index (χ4v) is 2.68. The molecular weight excluding hydrogens is 388 g/mol. The van der Waals surface area contributed by atoms with Crippen LogP contribution in [0.3, 0.4) is 0 Å². The number of benzene rings is 1. The molecule has 0 spiro atoms. The highest BCUT2D eigenvalue weighted by molar-refractivity contribution is 6.02. The maximum absolute atomic E-state index is 12.8. The number of carbonyl (C=O) groups is 2. The third-order valence-corrected chi connectivity index (χ3v) is 4.55. The van der Waals surface area contributed by atoms with E-state index in [-0.39, 0.29) is 40.9 Å². The summed E-state index contributed by atoms with van der Waals surface area (Å²) < 4.78 is 11.8. The summed E-state index contributed by atoms with van der Waals surface area (Å²) in [6.07, 6.45) is 0.515. The number of esters is 1. The zero-order valence-electron chi connectivity index (χ0n) is 18.5. The Morgan fingerprint density at radius 3 is 2.07 bits per heavy atom. The van der Waals surface area contributed by atoms with Crippen molar-refractivity contribution in [2.75, 3.05) is 13.2 Å². The summed E-state index contributed by atoms with van der Waals surface area (Å²) in [5.74, 6) is -0.675. The standard InChI is InChI=1S/C22H30N2O6/c1-21(2,3)9-11-29-19(25)18-13-15-7-8-16(24(27)28)14-17(15)23(18)20(26)30-12-10-22(4,5)6/h7-8,13-14H,9-12H2,1-6H3. The molecule has 1 heterocycles. The first-order valence-electron chi connectivity index (χ1n) is 9.93. The Balaban J connectivity index is 2.37. The van der Waals surface area contributed by atoms with Crippen LogP contribution in [0.5, 0.6) is 0 Å². The quantitative estimate of drug-likeness (QED) is 0.346. The van der Waals surface area contributed by atoms with E-state index in [0.29, 0.717) is 18.2 Å². The first-order chi connectivity index (χ1) is 13.8. The number of ether oxygens (including phenoxy) is 2. The average molecular weight is 418 g/mol. The van der Waals surface area contributed by atoms with Crippen LogP contribution in [0.25, 0.3) is 10.9 Å². The molecule has 0 aliphatic heterocycles. The van der Waals surface area contributed by atoms with E-state index in [1.54, 1.807) is 0 Å². The third kappa shape index (κ3) is 6.30. The van der Waals surface area contributed by atoms with Crippen molar-refractivity contribution in [3.05, 3.63) is 40.1 Å². The van der Waals surface area contributed by atoms with Crippen LogP contribution in [-0.2, 0) is 9.47 Å². The average Bonchev–Trinajstić information content (AvgIpc) is 2.98. The van der Waals surface area contributed by atoms with Crippen LogP contribution in [-0.4, -0.2) is 34.8 Å². The number of fused-ring (bicyclic) bond motifs is 1. The molecule has 1 aromatic carbocycles. The molecule has 0 fully saturated rings. The van der Waals surface area contributed by atoms with Gasteiger partial charge in [0.05, 0.1) is 23.7 Å². The van der Waals surface area contributed by atoms with Crippen molar-refractivity contribution >= 4 is 28.7 Å². The number of carbonyl (C=O) groups excluding carboxylic acids is 2. The zero-order chi connectivity index (χ0) is 22.7. The minimum atomic E-state index is -0.766. The number of hydrogen-bond donors (Lipinski definition) is 0. The van der Waals surface area contributed by atoms with Crippen LogP contribution in [0.1, 0.15) is 64.9 Å². The van der Waals surface area contributed by atoms with Gasteiger partial charge in [0, 0.05) is 17.5 Å². The van der Waals surface area contributed by atoms with E-state index in [1.807, 2.05) is 41.5 Å². The predicted molar refractivity (Wildman–Crippen MR) is 114 cm³/mol. The zero-order valence-corrected chi connectivity index (χ0v) is 18.5. The van der Waals surface area contributed by atoms with Crippen molar-refractivity contribution in [3.63, 3.8) is 0 Å². The molecule has 30 heavy (non-hydrogen) atoms. The lowest BCUT2D eigenvalue weighted by Gasteiger charge is -2.18. The normalized spacial score (nSPS) is 12.1. The second-order valence-corrected chi connectivity index (χ2v) is 9.74. The second-order valence-electron chi connectivity index (χ2n) is 9.74. The highest BCUT2D eigenvalue weighted by Crippen LogP contribution is 2.26. The monoisotopic (exact) mass is 418 g/mol. The molecule has 8 nitrogen and oxygen atoms in total. The molecule has 0 radical (unpaired) electrons. The lowest BCUT2D eigenvalue weighted by Crippen LogP contribution is -2.22. The second kappa shape index (κ2) is 8.85. The molecule has 164 valence electrons. The van der Waals surface area contributed by atoms with Gasteiger partial charge in [0.25, 0.3) is 5.69 Å². The smallest absolute Gasteiger partial charge is 0.419 e. The van der Waals surface area contributed by atoms with Gasteiger partial charge < -0.3 is 9.47 Å². The van der Waals surface area contributed by atoms with E-state index in [1.165, 1.54) is 24.3 Å². The highest BCUT2D eigenvalue weighted by Gasteiger charge is 2.25. The summed E-state index contributed by atoms with van der Waals surface area (Å²) in [6, 6.07) is 5.57. The number of hydrogen-bond acceptors (Lipinski definition) is 6. The molecule has 0 N–H and O–H groups in total. The topological polar surface area (TPSA) is 101 Å². The number of aromatic nitrogens is 1. The number of nitro benzene ring substituents is 1. The Morgan fingerprint density at radius 1 is 0.967 bits per heavy atom. The van der Waals surface area contributed by atoms with Crippen molar-refractivity contribution in [1.82, 2.24) is 4.57 Å². The van der Waals surface area contributed by atoms with E-state index >= 15 is 0 Å². The first kappa shape index (κ1) is 23.4. The van der Waals surface area contributed by atoms with Gasteiger partial charge >= 0.3 is 12.1 Å². The van der Waals surface area contributed by atoms with Crippen molar-refractivity contribution < 1.29 is 24.0 Å². The van der Waals surface area contributed by atoms with Crippen LogP contribution in [0, 0.1) is 20.9 Å². The lowest BCUT2D eigenvalue weighted by molar-refractivity contribution is -0.384. The van der Waals surface area contributed by atoms with E-state index in [4.69, 9.17) is 9.47 Å². The van der Waals surface area contributed by atoms with Gasteiger partial charge in [0.2, 0.25) is 0 Å². The predicted octanol–water partition coefficient (Wildman–Crippen LogP) is 5.56.